The van der Waals surface area contributed by atoms with Crippen molar-refractivity contribution in [3.8, 4) is 11.8 Å². The Morgan fingerprint density at radius 3 is 2.86 bits per heavy atom. The topological polar surface area (TPSA) is 117 Å². The van der Waals surface area contributed by atoms with Crippen LogP contribution in [0.1, 0.15) is 0 Å². The van der Waals surface area contributed by atoms with Crippen molar-refractivity contribution in [2.24, 2.45) is 0 Å². The van der Waals surface area contributed by atoms with E-state index < -0.39 is 10.8 Å². The number of nitrogens with zero attached hydrogens (tertiary/aromatic N) is 2. The van der Waals surface area contributed by atoms with Crippen LogP contribution in [0.5, 0.6) is 5.75 Å². The normalized spacial score (nSPS) is 10.5. The molecule has 1 aromatic carbocycles. The number of nitro benzene ring substituents is 1. The van der Waals surface area contributed by atoms with Crippen molar-refractivity contribution >= 4 is 28.9 Å². The van der Waals surface area contributed by atoms with Gasteiger partial charge in [0.05, 0.1) is 17.7 Å². The molecule has 0 aliphatic rings. The summed E-state index contributed by atoms with van der Waals surface area (Å²) in [7, 11) is 1.40. The first-order valence-electron chi connectivity index (χ1n) is 6.07. The first-order chi connectivity index (χ1) is 10.5. The van der Waals surface area contributed by atoms with Crippen molar-refractivity contribution in [3.05, 3.63) is 40.1 Å². The first-order valence-corrected chi connectivity index (χ1v) is 6.60. The molecule has 116 valence electrons. The second kappa shape index (κ2) is 8.49. The summed E-state index contributed by atoms with van der Waals surface area (Å²) in [4.78, 5) is 21.8. The summed E-state index contributed by atoms with van der Waals surface area (Å²) in [6, 6.07) is 5.66. The molecule has 0 saturated heterocycles. The highest BCUT2D eigenvalue weighted by molar-refractivity contribution is 6.18. The second-order valence-electron chi connectivity index (χ2n) is 3.90. The van der Waals surface area contributed by atoms with Gasteiger partial charge in [-0.1, -0.05) is 0 Å². The van der Waals surface area contributed by atoms with Crippen molar-refractivity contribution in [2.75, 3.05) is 24.9 Å². The van der Waals surface area contributed by atoms with Gasteiger partial charge in [-0.25, -0.2) is 0 Å². The van der Waals surface area contributed by atoms with Crippen molar-refractivity contribution < 1.29 is 14.5 Å². The van der Waals surface area contributed by atoms with Crippen LogP contribution < -0.4 is 15.4 Å². The monoisotopic (exact) mass is 324 g/mol. The number of anilines is 1. The average molecular weight is 325 g/mol. The van der Waals surface area contributed by atoms with Gasteiger partial charge in [-0.15, -0.1) is 11.6 Å². The number of rotatable bonds is 7. The Hall–Kier alpha value is -2.79. The number of amides is 1. The molecule has 9 heteroatoms. The van der Waals surface area contributed by atoms with E-state index in [0.29, 0.717) is 5.75 Å². The van der Waals surface area contributed by atoms with Crippen LogP contribution in [-0.4, -0.2) is 30.4 Å². The van der Waals surface area contributed by atoms with E-state index in [1.165, 1.54) is 25.3 Å². The number of hydrogen-bond donors (Lipinski definition) is 2. The summed E-state index contributed by atoms with van der Waals surface area (Å²) in [5, 5.41) is 24.8. The Labute approximate surface area is 131 Å². The van der Waals surface area contributed by atoms with Crippen molar-refractivity contribution in [1.82, 2.24) is 5.32 Å². The number of carbonyl (C=O) groups is 1. The molecular weight excluding hydrogens is 312 g/mol. The lowest BCUT2D eigenvalue weighted by Gasteiger charge is -2.08. The SMILES string of the molecule is COc1ccc([N+](=O)[O-])cc1N/C=C(/C#N)C(=O)NCCCl. The number of hydrogen-bond acceptors (Lipinski definition) is 6. The van der Waals surface area contributed by atoms with Gasteiger partial charge in [-0.3, -0.25) is 14.9 Å². The number of halogens is 1. The van der Waals surface area contributed by atoms with Gasteiger partial charge in [0.25, 0.3) is 11.6 Å². The predicted octanol–water partition coefficient (Wildman–Crippen LogP) is 1.78. The zero-order valence-corrected chi connectivity index (χ0v) is 12.4. The molecule has 0 heterocycles. The molecule has 0 radical (unpaired) electrons. The van der Waals surface area contributed by atoms with Crippen LogP contribution in [-0.2, 0) is 4.79 Å². The predicted molar refractivity (Wildman–Crippen MR) is 80.7 cm³/mol. The van der Waals surface area contributed by atoms with E-state index in [4.69, 9.17) is 21.6 Å². The van der Waals surface area contributed by atoms with Gasteiger partial charge < -0.3 is 15.4 Å². The van der Waals surface area contributed by atoms with Crippen molar-refractivity contribution in [3.63, 3.8) is 0 Å². The van der Waals surface area contributed by atoms with Crippen LogP contribution in [0.25, 0.3) is 0 Å². The van der Waals surface area contributed by atoms with Crippen LogP contribution in [0.3, 0.4) is 0 Å². The number of methoxy groups -OCH3 is 1. The lowest BCUT2D eigenvalue weighted by molar-refractivity contribution is -0.384. The minimum Gasteiger partial charge on any atom is -0.495 e. The van der Waals surface area contributed by atoms with Crippen LogP contribution >= 0.6 is 11.6 Å². The summed E-state index contributed by atoms with van der Waals surface area (Å²) in [6.07, 6.45) is 1.14. The second-order valence-corrected chi connectivity index (χ2v) is 4.28. The Morgan fingerprint density at radius 1 is 1.59 bits per heavy atom. The van der Waals surface area contributed by atoms with Gasteiger partial charge in [-0.05, 0) is 6.07 Å². The van der Waals surface area contributed by atoms with Crippen molar-refractivity contribution in [2.45, 2.75) is 0 Å². The number of benzene rings is 1. The molecule has 0 fully saturated rings. The number of nitro groups is 1. The Balaban J connectivity index is 2.99. The summed E-state index contributed by atoms with van der Waals surface area (Å²) >= 11 is 5.44. The van der Waals surface area contributed by atoms with Crippen LogP contribution in [0.2, 0.25) is 0 Å². The van der Waals surface area contributed by atoms with Gasteiger partial charge >= 0.3 is 0 Å². The van der Waals surface area contributed by atoms with E-state index in [0.717, 1.165) is 6.20 Å². The Morgan fingerprint density at radius 2 is 2.32 bits per heavy atom. The minimum atomic E-state index is -0.597. The molecular formula is C13H13ClN4O4. The maximum absolute atomic E-state index is 11.6. The van der Waals surface area contributed by atoms with E-state index in [1.54, 1.807) is 6.07 Å². The molecule has 8 nitrogen and oxygen atoms in total. The van der Waals surface area contributed by atoms with E-state index in [2.05, 4.69) is 10.6 Å². The molecule has 2 N–H and O–H groups in total. The lowest BCUT2D eigenvalue weighted by atomic mass is 10.2. The fraction of sp³-hybridized carbons (Fsp3) is 0.231. The standard InChI is InChI=1S/C13H13ClN4O4/c1-22-12-3-2-10(18(20)21)6-11(12)17-8-9(7-15)13(19)16-5-4-14/h2-3,6,8,17H,4-5H2,1H3,(H,16,19)/b9-8-. The van der Waals surface area contributed by atoms with E-state index in [-0.39, 0.29) is 29.4 Å². The Bertz CT molecular complexity index is 639. The molecule has 0 spiro atoms. The maximum Gasteiger partial charge on any atom is 0.271 e. The third-order valence-corrected chi connectivity index (χ3v) is 2.70. The molecule has 0 atom stereocenters. The molecule has 0 bridgehead atoms. The van der Waals surface area contributed by atoms with E-state index in [1.807, 2.05) is 0 Å². The largest absolute Gasteiger partial charge is 0.495 e. The summed E-state index contributed by atoms with van der Waals surface area (Å²) in [6.45, 7) is 0.222. The summed E-state index contributed by atoms with van der Waals surface area (Å²) < 4.78 is 5.06. The molecule has 1 amide bonds. The number of alkyl halides is 1. The van der Waals surface area contributed by atoms with Gasteiger partial charge in [0.2, 0.25) is 0 Å². The molecule has 0 aromatic heterocycles. The minimum absolute atomic E-state index is 0.151. The molecule has 1 rings (SSSR count). The number of non-ortho nitro benzene ring substituents is 1. The molecule has 22 heavy (non-hydrogen) atoms. The third kappa shape index (κ3) is 4.64. The number of ether oxygens (including phenoxy) is 1. The van der Waals surface area contributed by atoms with Crippen molar-refractivity contribution in [1.29, 1.82) is 5.26 Å². The smallest absolute Gasteiger partial charge is 0.271 e. The molecule has 0 unspecified atom stereocenters. The van der Waals surface area contributed by atoms with Gasteiger partial charge in [-0.2, -0.15) is 5.26 Å². The van der Waals surface area contributed by atoms with Crippen LogP contribution in [0.4, 0.5) is 11.4 Å². The van der Waals surface area contributed by atoms with E-state index in [9.17, 15) is 14.9 Å². The summed E-state index contributed by atoms with van der Waals surface area (Å²) in [5.41, 5.74) is -0.0879. The highest BCUT2D eigenvalue weighted by Gasteiger charge is 2.12. The van der Waals surface area contributed by atoms with Gasteiger partial charge in [0.1, 0.15) is 17.4 Å². The summed E-state index contributed by atoms with van der Waals surface area (Å²) in [5.74, 6) is -0.0447. The zero-order valence-electron chi connectivity index (χ0n) is 11.6. The fourth-order valence-electron chi connectivity index (χ4n) is 1.48. The number of carbonyl (C=O) groups excluding carboxylic acids is 1. The zero-order chi connectivity index (χ0) is 16.5. The van der Waals surface area contributed by atoms with Gasteiger partial charge in [0.15, 0.2) is 0 Å². The highest BCUT2D eigenvalue weighted by Crippen LogP contribution is 2.28. The third-order valence-electron chi connectivity index (χ3n) is 2.51. The molecule has 0 aliphatic carbocycles. The van der Waals surface area contributed by atoms with Gasteiger partial charge in [0, 0.05) is 30.8 Å². The number of nitriles is 1. The number of nitrogens with one attached hydrogen (secondary N) is 2. The lowest BCUT2D eigenvalue weighted by Crippen LogP contribution is -2.26. The fourth-order valence-corrected chi connectivity index (χ4v) is 1.57. The van der Waals surface area contributed by atoms with E-state index >= 15 is 0 Å². The van der Waals surface area contributed by atoms with Crippen LogP contribution in [0.15, 0.2) is 30.0 Å². The molecule has 1 aromatic rings. The first kappa shape index (κ1) is 17.3. The Kier molecular flexibility index (Phi) is 6.66. The highest BCUT2D eigenvalue weighted by atomic mass is 35.5. The average Bonchev–Trinajstić information content (AvgIpc) is 2.53. The quantitative estimate of drug-likeness (QED) is 0.259. The molecule has 0 aliphatic heterocycles. The molecule has 0 saturated carbocycles. The van der Waals surface area contributed by atoms with Crippen LogP contribution in [0, 0.1) is 21.4 Å². The maximum atomic E-state index is 11.6.